The number of H-pyrrole nitrogens is 1. The molecule has 124 valence electrons. The predicted molar refractivity (Wildman–Crippen MR) is 94.3 cm³/mol. The highest BCUT2D eigenvalue weighted by atomic mass is 16.2. The van der Waals surface area contributed by atoms with Crippen molar-refractivity contribution in [3.05, 3.63) is 76.7 Å². The van der Waals surface area contributed by atoms with Gasteiger partial charge in [0.1, 0.15) is 6.54 Å². The summed E-state index contributed by atoms with van der Waals surface area (Å²) >= 11 is 0. The molecule has 0 unspecified atom stereocenters. The van der Waals surface area contributed by atoms with Crippen LogP contribution in [0, 0.1) is 0 Å². The fourth-order valence-electron chi connectivity index (χ4n) is 3.03. The van der Waals surface area contributed by atoms with E-state index in [4.69, 9.17) is 0 Å². The molecule has 0 atom stereocenters. The molecule has 0 saturated carbocycles. The topological polar surface area (TPSA) is 73.5 Å². The lowest BCUT2D eigenvalue weighted by Gasteiger charge is -2.17. The number of hydrogen-bond acceptors (Lipinski definition) is 3. The molecule has 2 aromatic carbocycles. The molecule has 3 amide bonds. The third kappa shape index (κ3) is 2.67. The van der Waals surface area contributed by atoms with Gasteiger partial charge in [0, 0.05) is 16.8 Å². The third-order valence-corrected chi connectivity index (χ3v) is 4.26. The number of nitrogens with zero attached hydrogens (tertiary/aromatic N) is 2. The number of aromatic amines is 1. The Kier molecular flexibility index (Phi) is 3.57. The molecule has 2 heterocycles. The maximum Gasteiger partial charge on any atom is 0.332 e. The predicted octanol–water partition coefficient (Wildman–Crippen LogP) is 2.50. The molecule has 3 aromatic rings. The molecule has 1 N–H and O–H groups in total. The smallest absolute Gasteiger partial charge is 0.324 e. The van der Waals surface area contributed by atoms with Crippen LogP contribution in [-0.4, -0.2) is 28.4 Å². The van der Waals surface area contributed by atoms with E-state index < -0.39 is 0 Å². The van der Waals surface area contributed by atoms with Crippen LogP contribution in [0.4, 0.5) is 10.5 Å². The fourth-order valence-corrected chi connectivity index (χ4v) is 3.03. The number of hydrogen-bond donors (Lipinski definition) is 1. The minimum absolute atomic E-state index is 0.000655. The zero-order chi connectivity index (χ0) is 17.4. The van der Waals surface area contributed by atoms with Gasteiger partial charge in [-0.3, -0.25) is 19.4 Å². The van der Waals surface area contributed by atoms with Crippen LogP contribution in [-0.2, 0) is 11.3 Å². The molecule has 1 aromatic heterocycles. The maximum absolute atomic E-state index is 12.6. The first-order chi connectivity index (χ1) is 12.1. The van der Waals surface area contributed by atoms with E-state index in [-0.39, 0.29) is 30.6 Å². The van der Waals surface area contributed by atoms with Gasteiger partial charge in [-0.05, 0) is 29.7 Å². The Morgan fingerprint density at radius 3 is 2.44 bits per heavy atom. The average Bonchev–Trinajstić information content (AvgIpc) is 2.91. The second-order valence-corrected chi connectivity index (χ2v) is 5.90. The first kappa shape index (κ1) is 15.1. The Hall–Kier alpha value is -3.41. The van der Waals surface area contributed by atoms with Gasteiger partial charge in [0.25, 0.3) is 11.5 Å². The van der Waals surface area contributed by atoms with Gasteiger partial charge in [-0.25, -0.2) is 4.79 Å². The summed E-state index contributed by atoms with van der Waals surface area (Å²) in [6.07, 6.45) is 0. The van der Waals surface area contributed by atoms with Gasteiger partial charge in [0.2, 0.25) is 0 Å². The van der Waals surface area contributed by atoms with Crippen LogP contribution in [0.3, 0.4) is 0 Å². The second kappa shape index (κ2) is 5.90. The van der Waals surface area contributed by atoms with Gasteiger partial charge < -0.3 is 4.98 Å². The van der Waals surface area contributed by atoms with Crippen LogP contribution in [0.25, 0.3) is 10.8 Å². The number of anilines is 1. The number of pyridine rings is 1. The van der Waals surface area contributed by atoms with Crippen LogP contribution in [0.1, 0.15) is 5.69 Å². The zero-order valence-corrected chi connectivity index (χ0v) is 13.3. The SMILES string of the molecule is O=C1CN(c2ccccc2)C(=O)N1Cc1cc2ccccc2c(=O)[nH]1. The van der Waals surface area contributed by atoms with E-state index in [9.17, 15) is 14.4 Å². The summed E-state index contributed by atoms with van der Waals surface area (Å²) in [5, 5.41) is 1.36. The number of imide groups is 1. The zero-order valence-electron chi connectivity index (χ0n) is 13.3. The van der Waals surface area contributed by atoms with Gasteiger partial charge >= 0.3 is 6.03 Å². The molecule has 0 spiro atoms. The van der Waals surface area contributed by atoms with Gasteiger partial charge in [0.15, 0.2) is 0 Å². The number of para-hydroxylation sites is 1. The van der Waals surface area contributed by atoms with E-state index in [1.165, 1.54) is 4.90 Å². The molecular weight excluding hydrogens is 318 g/mol. The van der Waals surface area contributed by atoms with Gasteiger partial charge in [-0.1, -0.05) is 36.4 Å². The molecule has 1 aliphatic rings. The first-order valence-electron chi connectivity index (χ1n) is 7.91. The summed E-state index contributed by atoms with van der Waals surface area (Å²) in [7, 11) is 0. The Balaban J connectivity index is 1.64. The fraction of sp³-hybridized carbons (Fsp3) is 0.105. The molecule has 1 fully saturated rings. The molecule has 0 aliphatic carbocycles. The van der Waals surface area contributed by atoms with E-state index >= 15 is 0 Å². The summed E-state index contributed by atoms with van der Waals surface area (Å²) in [6.45, 7) is 0.0434. The lowest BCUT2D eigenvalue weighted by molar-refractivity contribution is -0.125. The summed E-state index contributed by atoms with van der Waals surface area (Å²) in [5.74, 6) is -0.289. The lowest BCUT2D eigenvalue weighted by Crippen LogP contribution is -2.33. The highest BCUT2D eigenvalue weighted by molar-refractivity contribution is 6.12. The number of amides is 3. The van der Waals surface area contributed by atoms with Crippen LogP contribution in [0.2, 0.25) is 0 Å². The summed E-state index contributed by atoms with van der Waals surface area (Å²) in [4.78, 5) is 42.4. The molecule has 6 heteroatoms. The molecule has 1 saturated heterocycles. The normalized spacial score (nSPS) is 14.6. The Bertz CT molecular complexity index is 1030. The van der Waals surface area contributed by atoms with Crippen molar-refractivity contribution in [2.75, 3.05) is 11.4 Å². The van der Waals surface area contributed by atoms with Gasteiger partial charge in [0.05, 0.1) is 6.54 Å². The average molecular weight is 333 g/mol. The van der Waals surface area contributed by atoms with Crippen molar-refractivity contribution in [1.29, 1.82) is 0 Å². The summed E-state index contributed by atoms with van der Waals surface area (Å²) in [5.41, 5.74) is 0.975. The highest BCUT2D eigenvalue weighted by Gasteiger charge is 2.36. The molecule has 25 heavy (non-hydrogen) atoms. The van der Waals surface area contributed by atoms with Crippen LogP contribution >= 0.6 is 0 Å². The summed E-state index contributed by atoms with van der Waals surface area (Å²) < 4.78 is 0. The number of fused-ring (bicyclic) bond motifs is 1. The second-order valence-electron chi connectivity index (χ2n) is 5.90. The molecule has 0 radical (unpaired) electrons. The number of benzene rings is 2. The molecule has 4 rings (SSSR count). The minimum Gasteiger partial charge on any atom is -0.324 e. The minimum atomic E-state index is -0.384. The third-order valence-electron chi connectivity index (χ3n) is 4.26. The number of aromatic nitrogens is 1. The maximum atomic E-state index is 12.6. The Morgan fingerprint density at radius 1 is 0.920 bits per heavy atom. The van der Waals surface area contributed by atoms with E-state index in [2.05, 4.69) is 4.98 Å². The van der Waals surface area contributed by atoms with E-state index in [1.54, 1.807) is 30.3 Å². The van der Waals surface area contributed by atoms with Crippen molar-refractivity contribution in [2.45, 2.75) is 6.54 Å². The Labute approximate surface area is 143 Å². The van der Waals surface area contributed by atoms with Crippen molar-refractivity contribution in [3.8, 4) is 0 Å². The summed E-state index contributed by atoms with van der Waals surface area (Å²) in [6, 6.07) is 17.7. The van der Waals surface area contributed by atoms with E-state index in [1.807, 2.05) is 30.3 Å². The lowest BCUT2D eigenvalue weighted by atomic mass is 10.1. The van der Waals surface area contributed by atoms with Gasteiger partial charge in [-0.15, -0.1) is 0 Å². The largest absolute Gasteiger partial charge is 0.332 e. The molecule has 1 aliphatic heterocycles. The number of carbonyl (C=O) groups excluding carboxylic acids is 2. The number of urea groups is 1. The van der Waals surface area contributed by atoms with Crippen LogP contribution in [0.5, 0.6) is 0 Å². The number of nitrogens with one attached hydrogen (secondary N) is 1. The first-order valence-corrected chi connectivity index (χ1v) is 7.91. The van der Waals surface area contributed by atoms with Gasteiger partial charge in [-0.2, -0.15) is 0 Å². The number of carbonyl (C=O) groups is 2. The van der Waals surface area contributed by atoms with E-state index in [0.717, 1.165) is 10.3 Å². The van der Waals surface area contributed by atoms with E-state index in [0.29, 0.717) is 16.8 Å². The molecule has 6 nitrogen and oxygen atoms in total. The van der Waals surface area contributed by atoms with Crippen molar-refractivity contribution < 1.29 is 9.59 Å². The standard InChI is InChI=1S/C19H15N3O3/c23-17-12-21(15-7-2-1-3-8-15)19(25)22(17)11-14-10-13-6-4-5-9-16(13)18(24)20-14/h1-10H,11-12H2,(H,20,24). The van der Waals surface area contributed by atoms with Crippen LogP contribution < -0.4 is 10.5 Å². The van der Waals surface area contributed by atoms with Crippen LogP contribution in [0.15, 0.2) is 65.5 Å². The Morgan fingerprint density at radius 2 is 1.64 bits per heavy atom. The molecular formula is C19H15N3O3. The monoisotopic (exact) mass is 333 g/mol. The van der Waals surface area contributed by atoms with Crippen molar-refractivity contribution >= 4 is 28.4 Å². The van der Waals surface area contributed by atoms with Crippen molar-refractivity contribution in [3.63, 3.8) is 0 Å². The van der Waals surface area contributed by atoms with Crippen molar-refractivity contribution in [1.82, 2.24) is 9.88 Å². The number of rotatable bonds is 3. The highest BCUT2D eigenvalue weighted by Crippen LogP contribution is 2.22. The molecule has 0 bridgehead atoms. The van der Waals surface area contributed by atoms with Crippen molar-refractivity contribution in [2.24, 2.45) is 0 Å². The quantitative estimate of drug-likeness (QED) is 0.749.